The average molecular weight is 395 g/mol. The Labute approximate surface area is 159 Å². The summed E-state index contributed by atoms with van der Waals surface area (Å²) < 4.78 is 25.3. The summed E-state index contributed by atoms with van der Waals surface area (Å²) in [6, 6.07) is 6.37. The number of nitrogens with one attached hydrogen (secondary N) is 1. The van der Waals surface area contributed by atoms with Crippen LogP contribution in [0.25, 0.3) is 10.6 Å². The summed E-state index contributed by atoms with van der Waals surface area (Å²) in [5.41, 5.74) is 1.54. The summed E-state index contributed by atoms with van der Waals surface area (Å²) in [5, 5.41) is 5.64. The van der Waals surface area contributed by atoms with Gasteiger partial charge in [-0.1, -0.05) is 25.7 Å². The number of carbonyl (C=O) groups is 1. The van der Waals surface area contributed by atoms with Crippen molar-refractivity contribution in [1.82, 2.24) is 10.3 Å². The molecule has 1 aliphatic carbocycles. The van der Waals surface area contributed by atoms with Crippen molar-refractivity contribution in [2.45, 2.75) is 50.3 Å². The van der Waals surface area contributed by atoms with Gasteiger partial charge in [-0.15, -0.1) is 11.3 Å². The van der Waals surface area contributed by atoms with E-state index in [-0.39, 0.29) is 29.3 Å². The van der Waals surface area contributed by atoms with Crippen molar-refractivity contribution in [2.75, 3.05) is 5.75 Å². The lowest BCUT2D eigenvalue weighted by Gasteiger charge is -2.15. The van der Waals surface area contributed by atoms with Crippen molar-refractivity contribution >= 4 is 28.0 Å². The van der Waals surface area contributed by atoms with E-state index in [9.17, 15) is 13.4 Å². The first-order chi connectivity index (χ1) is 12.6. The standard InChI is InChI=1S/C19H23FN2O2S2/c20-15-9-7-14(8-10-15)19-22-17(11-25-19)12-26(24)13-18(23)21-16-5-3-1-2-4-6-16/h7-11,16H,1-6,12-13H2,(H,21,23)/t26-/m1/s1. The third-order valence-electron chi connectivity index (χ3n) is 4.46. The SMILES string of the molecule is O=C(C[S@](=O)Cc1csc(-c2ccc(F)cc2)n1)NC1CCCCCC1. The third kappa shape index (κ3) is 5.71. The molecule has 1 fully saturated rings. The van der Waals surface area contributed by atoms with Crippen molar-refractivity contribution in [3.05, 3.63) is 41.2 Å². The highest BCUT2D eigenvalue weighted by Crippen LogP contribution is 2.24. The van der Waals surface area contributed by atoms with Gasteiger partial charge < -0.3 is 5.32 Å². The second-order valence-corrected chi connectivity index (χ2v) is 8.95. The predicted octanol–water partition coefficient (Wildman–Crippen LogP) is 4.04. The summed E-state index contributed by atoms with van der Waals surface area (Å²) in [6.45, 7) is 0. The molecule has 1 amide bonds. The molecule has 3 rings (SSSR count). The van der Waals surface area contributed by atoms with Crippen LogP contribution in [0.5, 0.6) is 0 Å². The van der Waals surface area contributed by atoms with Gasteiger partial charge in [-0.3, -0.25) is 9.00 Å². The summed E-state index contributed by atoms with van der Waals surface area (Å²) >= 11 is 1.43. The first-order valence-corrected chi connectivity index (χ1v) is 11.3. The van der Waals surface area contributed by atoms with Gasteiger partial charge in [0.05, 0.1) is 11.4 Å². The second-order valence-electron chi connectivity index (χ2n) is 6.64. The zero-order chi connectivity index (χ0) is 18.4. The van der Waals surface area contributed by atoms with Crippen molar-refractivity contribution in [1.29, 1.82) is 0 Å². The Kier molecular flexibility index (Phi) is 6.91. The normalized spacial score (nSPS) is 16.8. The van der Waals surface area contributed by atoms with E-state index in [1.807, 2.05) is 5.38 Å². The molecule has 0 bridgehead atoms. The summed E-state index contributed by atoms with van der Waals surface area (Å²) in [6.07, 6.45) is 6.81. The number of carbonyl (C=O) groups excluding carboxylic acids is 1. The Morgan fingerprint density at radius 1 is 1.19 bits per heavy atom. The first kappa shape index (κ1) is 19.2. The minimum atomic E-state index is -1.28. The van der Waals surface area contributed by atoms with Crippen LogP contribution in [0.4, 0.5) is 4.39 Å². The van der Waals surface area contributed by atoms with Crippen LogP contribution in [0, 0.1) is 5.82 Å². The molecule has 4 nitrogen and oxygen atoms in total. The molecule has 1 aliphatic rings. The highest BCUT2D eigenvalue weighted by molar-refractivity contribution is 7.84. The molecule has 1 aromatic carbocycles. The molecule has 1 N–H and O–H groups in total. The van der Waals surface area contributed by atoms with Gasteiger partial charge in [0.15, 0.2) is 0 Å². The Morgan fingerprint density at radius 3 is 2.58 bits per heavy atom. The molecular formula is C19H23FN2O2S2. The lowest BCUT2D eigenvalue weighted by Crippen LogP contribution is -2.37. The van der Waals surface area contributed by atoms with Gasteiger partial charge >= 0.3 is 0 Å². The predicted molar refractivity (Wildman–Crippen MR) is 104 cm³/mol. The summed E-state index contributed by atoms with van der Waals surface area (Å²) in [4.78, 5) is 16.6. The van der Waals surface area contributed by atoms with E-state index in [1.165, 1.54) is 36.3 Å². The molecule has 26 heavy (non-hydrogen) atoms. The quantitative estimate of drug-likeness (QED) is 0.753. The van der Waals surface area contributed by atoms with Crippen LogP contribution in [0.2, 0.25) is 0 Å². The number of aromatic nitrogens is 1. The second kappa shape index (κ2) is 9.37. The number of hydrogen-bond acceptors (Lipinski definition) is 4. The molecule has 0 unspecified atom stereocenters. The number of rotatable bonds is 6. The summed E-state index contributed by atoms with van der Waals surface area (Å²) in [5.74, 6) is -0.147. The number of amides is 1. The molecule has 2 aromatic rings. The van der Waals surface area contributed by atoms with E-state index >= 15 is 0 Å². The van der Waals surface area contributed by atoms with Gasteiger partial charge in [-0.05, 0) is 37.1 Å². The van der Waals surface area contributed by atoms with E-state index < -0.39 is 10.8 Å². The van der Waals surface area contributed by atoms with Gasteiger partial charge in [0.1, 0.15) is 16.6 Å². The lowest BCUT2D eigenvalue weighted by molar-refractivity contribution is -0.119. The maximum Gasteiger partial charge on any atom is 0.232 e. The van der Waals surface area contributed by atoms with Crippen LogP contribution in [0.15, 0.2) is 29.6 Å². The molecule has 0 saturated heterocycles. The Bertz CT molecular complexity index is 753. The lowest BCUT2D eigenvalue weighted by atomic mass is 10.1. The monoisotopic (exact) mass is 394 g/mol. The highest BCUT2D eigenvalue weighted by Gasteiger charge is 2.17. The number of hydrogen-bond donors (Lipinski definition) is 1. The molecule has 0 spiro atoms. The molecule has 0 radical (unpaired) electrons. The fourth-order valence-electron chi connectivity index (χ4n) is 3.15. The van der Waals surface area contributed by atoms with Gasteiger partial charge in [0.25, 0.3) is 0 Å². The van der Waals surface area contributed by atoms with Crippen LogP contribution < -0.4 is 5.32 Å². The van der Waals surface area contributed by atoms with Crippen LogP contribution in [-0.2, 0) is 21.3 Å². The maximum absolute atomic E-state index is 13.0. The zero-order valence-corrected chi connectivity index (χ0v) is 16.2. The fourth-order valence-corrected chi connectivity index (χ4v) is 5.04. The Hall–Kier alpha value is -1.60. The Balaban J connectivity index is 1.50. The van der Waals surface area contributed by atoms with Crippen molar-refractivity contribution in [3.8, 4) is 10.6 Å². The molecule has 7 heteroatoms. The largest absolute Gasteiger partial charge is 0.353 e. The zero-order valence-electron chi connectivity index (χ0n) is 14.6. The van der Waals surface area contributed by atoms with Gasteiger partial charge in [-0.2, -0.15) is 0 Å². The van der Waals surface area contributed by atoms with Gasteiger partial charge in [-0.25, -0.2) is 9.37 Å². The van der Waals surface area contributed by atoms with Crippen molar-refractivity contribution in [3.63, 3.8) is 0 Å². The molecule has 0 aliphatic heterocycles. The fraction of sp³-hybridized carbons (Fsp3) is 0.474. The van der Waals surface area contributed by atoms with E-state index in [4.69, 9.17) is 0 Å². The molecule has 1 aromatic heterocycles. The Morgan fingerprint density at radius 2 is 1.88 bits per heavy atom. The third-order valence-corrected chi connectivity index (χ3v) is 6.61. The average Bonchev–Trinajstić information content (AvgIpc) is 2.91. The highest BCUT2D eigenvalue weighted by atomic mass is 32.2. The van der Waals surface area contributed by atoms with Crippen LogP contribution in [-0.4, -0.2) is 26.9 Å². The minimum Gasteiger partial charge on any atom is -0.353 e. The van der Waals surface area contributed by atoms with E-state index in [0.717, 1.165) is 36.3 Å². The van der Waals surface area contributed by atoms with E-state index in [1.54, 1.807) is 12.1 Å². The van der Waals surface area contributed by atoms with E-state index in [2.05, 4.69) is 10.3 Å². The molecule has 1 atom stereocenters. The van der Waals surface area contributed by atoms with Gasteiger partial charge in [0, 0.05) is 27.8 Å². The number of thiazole rings is 1. The van der Waals surface area contributed by atoms with Crippen molar-refractivity contribution in [2.24, 2.45) is 0 Å². The molecular weight excluding hydrogens is 371 g/mol. The van der Waals surface area contributed by atoms with Crippen LogP contribution >= 0.6 is 11.3 Å². The minimum absolute atomic E-state index is 0.0138. The van der Waals surface area contributed by atoms with E-state index in [0.29, 0.717) is 5.69 Å². The topological polar surface area (TPSA) is 59.1 Å². The smallest absolute Gasteiger partial charge is 0.232 e. The van der Waals surface area contributed by atoms with Crippen molar-refractivity contribution < 1.29 is 13.4 Å². The molecule has 1 heterocycles. The summed E-state index contributed by atoms with van der Waals surface area (Å²) in [7, 11) is -1.28. The number of benzene rings is 1. The number of halogens is 1. The maximum atomic E-state index is 13.0. The van der Waals surface area contributed by atoms with Crippen LogP contribution in [0.3, 0.4) is 0 Å². The number of nitrogens with zero attached hydrogens (tertiary/aromatic N) is 1. The first-order valence-electron chi connectivity index (χ1n) is 8.95. The molecule has 140 valence electrons. The molecule has 1 saturated carbocycles. The van der Waals surface area contributed by atoms with Gasteiger partial charge in [0.2, 0.25) is 5.91 Å². The van der Waals surface area contributed by atoms with Crippen LogP contribution in [0.1, 0.15) is 44.2 Å².